The van der Waals surface area contributed by atoms with Gasteiger partial charge in [-0.3, -0.25) is 15.0 Å². The molecule has 0 unspecified atom stereocenters. The van der Waals surface area contributed by atoms with Crippen LogP contribution in [0.25, 0.3) is 0 Å². The second-order valence-electron chi connectivity index (χ2n) is 5.10. The molecule has 0 spiro atoms. The van der Waals surface area contributed by atoms with Crippen molar-refractivity contribution in [2.24, 2.45) is 0 Å². The molecule has 1 atom stereocenters. The first-order valence-corrected chi connectivity index (χ1v) is 7.69. The largest absolute Gasteiger partial charge is 0.347 e. The second kappa shape index (κ2) is 5.46. The third kappa shape index (κ3) is 2.41. The van der Waals surface area contributed by atoms with Crippen LogP contribution in [0.2, 0.25) is 0 Å². The summed E-state index contributed by atoms with van der Waals surface area (Å²) in [6.45, 7) is 4.20. The molecular weight excluding hydrogens is 274 g/mol. The van der Waals surface area contributed by atoms with Gasteiger partial charge in [0.15, 0.2) is 0 Å². The lowest BCUT2D eigenvalue weighted by Gasteiger charge is -2.36. The Hall–Kier alpha value is -1.53. The molecule has 2 aliphatic rings. The first kappa shape index (κ1) is 13.5. The van der Waals surface area contributed by atoms with Crippen LogP contribution in [0.1, 0.15) is 18.5 Å². The summed E-state index contributed by atoms with van der Waals surface area (Å²) < 4.78 is 0. The van der Waals surface area contributed by atoms with Gasteiger partial charge in [-0.2, -0.15) is 0 Å². The highest BCUT2D eigenvalue weighted by molar-refractivity contribution is 8.03. The Morgan fingerprint density at radius 1 is 1.35 bits per heavy atom. The molecule has 0 amide bonds. The van der Waals surface area contributed by atoms with E-state index in [-0.39, 0.29) is 11.0 Å². The predicted molar refractivity (Wildman–Crippen MR) is 79.6 cm³/mol. The molecule has 1 aromatic rings. The van der Waals surface area contributed by atoms with E-state index in [1.54, 1.807) is 11.8 Å². The van der Waals surface area contributed by atoms with E-state index in [1.807, 2.05) is 18.2 Å². The number of thioether (sulfide) groups is 1. The zero-order valence-electron chi connectivity index (χ0n) is 11.4. The van der Waals surface area contributed by atoms with Crippen molar-refractivity contribution in [3.63, 3.8) is 0 Å². The van der Waals surface area contributed by atoms with Crippen molar-refractivity contribution in [2.45, 2.75) is 13.0 Å². The number of fused-ring (bicyclic) bond motifs is 1. The van der Waals surface area contributed by atoms with Crippen LogP contribution in [0.3, 0.4) is 0 Å². The zero-order chi connectivity index (χ0) is 14.1. The molecule has 1 saturated heterocycles. The molecule has 0 N–H and O–H groups in total. The summed E-state index contributed by atoms with van der Waals surface area (Å²) in [6, 6.07) is 10.3. The van der Waals surface area contributed by atoms with E-state index in [9.17, 15) is 10.1 Å². The Balaban J connectivity index is 1.85. The van der Waals surface area contributed by atoms with Crippen LogP contribution >= 0.6 is 11.8 Å². The maximum absolute atomic E-state index is 11.3. The molecule has 0 saturated carbocycles. The van der Waals surface area contributed by atoms with E-state index < -0.39 is 0 Å². The molecule has 5 nitrogen and oxygen atoms in total. The van der Waals surface area contributed by atoms with Crippen LogP contribution in [0, 0.1) is 10.1 Å². The molecule has 106 valence electrons. The highest BCUT2D eigenvalue weighted by Crippen LogP contribution is 2.36. The maximum atomic E-state index is 11.3. The topological polar surface area (TPSA) is 49.6 Å². The number of hydrogen-bond donors (Lipinski definition) is 0. The number of nitrogens with zero attached hydrogens (tertiary/aromatic N) is 3. The fourth-order valence-electron chi connectivity index (χ4n) is 2.71. The lowest BCUT2D eigenvalue weighted by Crippen LogP contribution is -2.44. The van der Waals surface area contributed by atoms with Gasteiger partial charge in [0, 0.05) is 18.3 Å². The van der Waals surface area contributed by atoms with Crippen molar-refractivity contribution < 1.29 is 4.92 Å². The smallest absolute Gasteiger partial charge is 0.289 e. The van der Waals surface area contributed by atoms with Crippen LogP contribution in [0.15, 0.2) is 41.1 Å². The van der Waals surface area contributed by atoms with Gasteiger partial charge in [-0.15, -0.1) is 11.8 Å². The minimum atomic E-state index is -0.218. The van der Waals surface area contributed by atoms with Crippen molar-refractivity contribution >= 4 is 11.8 Å². The Kier molecular flexibility index (Phi) is 3.67. The summed E-state index contributed by atoms with van der Waals surface area (Å²) in [5.74, 6) is 0.945. The minimum absolute atomic E-state index is 0.179. The van der Waals surface area contributed by atoms with E-state index in [0.29, 0.717) is 12.2 Å². The van der Waals surface area contributed by atoms with Gasteiger partial charge in [0.2, 0.25) is 0 Å². The molecule has 0 bridgehead atoms. The van der Waals surface area contributed by atoms with Crippen molar-refractivity contribution in [3.8, 4) is 0 Å². The van der Waals surface area contributed by atoms with Crippen molar-refractivity contribution in [1.82, 2.24) is 9.80 Å². The summed E-state index contributed by atoms with van der Waals surface area (Å²) in [6.07, 6.45) is 0. The van der Waals surface area contributed by atoms with E-state index in [1.165, 1.54) is 5.56 Å². The van der Waals surface area contributed by atoms with Gasteiger partial charge >= 0.3 is 0 Å². The summed E-state index contributed by atoms with van der Waals surface area (Å²) in [5.41, 5.74) is 1.55. The Morgan fingerprint density at radius 3 is 2.80 bits per heavy atom. The van der Waals surface area contributed by atoms with Crippen LogP contribution in [-0.4, -0.2) is 40.2 Å². The number of hydrogen-bond acceptors (Lipinski definition) is 5. The SMILES string of the molecule is C[C@H](c1ccccc1)N1CC([N+](=O)[O-])=C2SCCN2C1. The maximum Gasteiger partial charge on any atom is 0.289 e. The monoisotopic (exact) mass is 291 g/mol. The lowest BCUT2D eigenvalue weighted by atomic mass is 10.1. The Bertz CT molecular complexity index is 547. The molecule has 1 fully saturated rings. The first-order valence-electron chi connectivity index (χ1n) is 6.71. The highest BCUT2D eigenvalue weighted by atomic mass is 32.2. The molecule has 3 rings (SSSR count). The normalized spacial score (nSPS) is 20.9. The molecule has 0 aromatic heterocycles. The number of nitro groups is 1. The molecule has 0 radical (unpaired) electrons. The van der Waals surface area contributed by atoms with Gasteiger partial charge in [-0.25, -0.2) is 0 Å². The fourth-order valence-corrected chi connectivity index (χ4v) is 3.86. The fraction of sp³-hybridized carbons (Fsp3) is 0.429. The third-order valence-corrected chi connectivity index (χ3v) is 5.04. The Morgan fingerprint density at radius 2 is 2.10 bits per heavy atom. The van der Waals surface area contributed by atoms with Gasteiger partial charge < -0.3 is 4.90 Å². The molecule has 2 aliphatic heterocycles. The summed E-state index contributed by atoms with van der Waals surface area (Å²) >= 11 is 1.61. The van der Waals surface area contributed by atoms with E-state index >= 15 is 0 Å². The standard InChI is InChI=1S/C14H17N3O2S/c1-11(12-5-3-2-4-6-12)16-9-13(17(18)19)14-15(10-16)7-8-20-14/h2-6,11H,7-10H2,1H3/t11-/m1/s1. The Labute approximate surface area is 122 Å². The molecule has 2 heterocycles. The number of rotatable bonds is 3. The third-order valence-electron chi connectivity index (χ3n) is 3.89. The van der Waals surface area contributed by atoms with Gasteiger partial charge in [0.1, 0.15) is 5.03 Å². The average Bonchev–Trinajstić information content (AvgIpc) is 2.94. The first-order chi connectivity index (χ1) is 9.66. The van der Waals surface area contributed by atoms with Crippen LogP contribution in [-0.2, 0) is 0 Å². The highest BCUT2D eigenvalue weighted by Gasteiger charge is 2.37. The van der Waals surface area contributed by atoms with Crippen LogP contribution in [0.5, 0.6) is 0 Å². The molecule has 6 heteroatoms. The summed E-state index contributed by atoms with van der Waals surface area (Å²) in [5, 5.41) is 12.1. The van der Waals surface area contributed by atoms with Gasteiger partial charge in [-0.05, 0) is 12.5 Å². The number of benzene rings is 1. The van der Waals surface area contributed by atoms with E-state index in [2.05, 4.69) is 28.9 Å². The summed E-state index contributed by atoms with van der Waals surface area (Å²) in [4.78, 5) is 15.4. The summed E-state index contributed by atoms with van der Waals surface area (Å²) in [7, 11) is 0. The van der Waals surface area contributed by atoms with Crippen molar-refractivity contribution in [3.05, 3.63) is 56.7 Å². The zero-order valence-corrected chi connectivity index (χ0v) is 12.2. The van der Waals surface area contributed by atoms with Gasteiger partial charge in [0.05, 0.1) is 18.1 Å². The van der Waals surface area contributed by atoms with Gasteiger partial charge in [-0.1, -0.05) is 30.3 Å². The predicted octanol–water partition coefficient (Wildman–Crippen LogP) is 2.52. The van der Waals surface area contributed by atoms with Crippen molar-refractivity contribution in [2.75, 3.05) is 25.5 Å². The van der Waals surface area contributed by atoms with E-state index in [4.69, 9.17) is 0 Å². The molecule has 0 aliphatic carbocycles. The molecular formula is C14H17N3O2S. The van der Waals surface area contributed by atoms with Crippen molar-refractivity contribution in [1.29, 1.82) is 0 Å². The van der Waals surface area contributed by atoms with Crippen LogP contribution in [0.4, 0.5) is 0 Å². The van der Waals surface area contributed by atoms with Gasteiger partial charge in [0.25, 0.3) is 5.70 Å². The van der Waals surface area contributed by atoms with E-state index in [0.717, 1.165) is 24.0 Å². The minimum Gasteiger partial charge on any atom is -0.347 e. The second-order valence-corrected chi connectivity index (χ2v) is 6.18. The lowest BCUT2D eigenvalue weighted by molar-refractivity contribution is -0.431. The quantitative estimate of drug-likeness (QED) is 0.632. The average molecular weight is 291 g/mol. The van der Waals surface area contributed by atoms with Crippen LogP contribution < -0.4 is 0 Å². The molecule has 1 aromatic carbocycles. The molecule has 20 heavy (non-hydrogen) atoms.